The molecule has 0 bridgehead atoms. The maximum atomic E-state index is 11.8. The largest absolute Gasteiger partial charge is 0.385 e. The minimum Gasteiger partial charge on any atom is -0.385 e. The second-order valence-electron chi connectivity index (χ2n) is 4.66. The van der Waals surface area contributed by atoms with Crippen molar-refractivity contribution in [2.75, 3.05) is 33.4 Å². The van der Waals surface area contributed by atoms with Crippen molar-refractivity contribution in [1.29, 1.82) is 0 Å². The predicted octanol–water partition coefficient (Wildman–Crippen LogP) is -0.947. The zero-order valence-corrected chi connectivity index (χ0v) is 11.3. The molecule has 0 spiro atoms. The second-order valence-corrected chi connectivity index (χ2v) is 4.66. The highest BCUT2D eigenvalue weighted by molar-refractivity contribution is 5.92. The number of amides is 1. The third kappa shape index (κ3) is 3.33. The van der Waals surface area contributed by atoms with Gasteiger partial charge in [0.25, 0.3) is 0 Å². The molecule has 0 saturated carbocycles. The van der Waals surface area contributed by atoms with Crippen molar-refractivity contribution in [2.24, 2.45) is 10.8 Å². The Labute approximate surface area is 108 Å². The van der Waals surface area contributed by atoms with Gasteiger partial charge in [0.1, 0.15) is 5.54 Å². The number of guanidine groups is 1. The van der Waals surface area contributed by atoms with E-state index in [4.69, 9.17) is 10.6 Å². The van der Waals surface area contributed by atoms with Crippen molar-refractivity contribution < 1.29 is 9.53 Å². The third-order valence-corrected chi connectivity index (χ3v) is 3.00. The van der Waals surface area contributed by atoms with Crippen LogP contribution >= 0.6 is 0 Å². The number of carbonyl (C=O) groups is 1. The number of nitrogens with two attached hydrogens (primary N) is 1. The highest BCUT2D eigenvalue weighted by Gasteiger charge is 2.39. The highest BCUT2D eigenvalue weighted by Crippen LogP contribution is 2.17. The van der Waals surface area contributed by atoms with Crippen LogP contribution in [0, 0.1) is 0 Å². The van der Waals surface area contributed by atoms with Crippen LogP contribution in [-0.4, -0.2) is 55.7 Å². The van der Waals surface area contributed by atoms with E-state index in [-0.39, 0.29) is 5.91 Å². The molecule has 1 heterocycles. The fraction of sp³-hybridized carbons (Fsp3) is 0.818. The van der Waals surface area contributed by atoms with Crippen molar-refractivity contribution in [1.82, 2.24) is 15.6 Å². The molecule has 1 amide bonds. The molecule has 104 valence electrons. The molecule has 7 heteroatoms. The van der Waals surface area contributed by atoms with E-state index in [9.17, 15) is 4.79 Å². The van der Waals surface area contributed by atoms with Crippen LogP contribution in [0.1, 0.15) is 20.3 Å². The lowest BCUT2D eigenvalue weighted by Gasteiger charge is -2.42. The van der Waals surface area contributed by atoms with Crippen LogP contribution < -0.4 is 16.6 Å². The average Bonchev–Trinajstić information content (AvgIpc) is 2.34. The number of nitrogens with zero attached hydrogens (tertiary/aromatic N) is 2. The lowest BCUT2D eigenvalue weighted by molar-refractivity contribution is -0.132. The monoisotopic (exact) mass is 257 g/mol. The number of piperazine rings is 1. The standard InChI is InChI=1S/C11H23N5O2/c1-11(2)9(17)13-6-7-16(11)10(15-12)14-5-4-8-18-3/h4-8,12H2,1-3H3,(H,13,17)(H,14,15). The Kier molecular flexibility index (Phi) is 5.36. The highest BCUT2D eigenvalue weighted by atomic mass is 16.5. The quantitative estimate of drug-likeness (QED) is 0.199. The molecule has 1 saturated heterocycles. The van der Waals surface area contributed by atoms with E-state index in [2.05, 4.69) is 15.7 Å². The van der Waals surface area contributed by atoms with E-state index in [1.807, 2.05) is 18.7 Å². The van der Waals surface area contributed by atoms with Gasteiger partial charge < -0.3 is 15.0 Å². The zero-order valence-electron chi connectivity index (χ0n) is 11.3. The van der Waals surface area contributed by atoms with Crippen LogP contribution in [0.4, 0.5) is 0 Å². The Morgan fingerprint density at radius 3 is 3.00 bits per heavy atom. The summed E-state index contributed by atoms with van der Waals surface area (Å²) in [5.74, 6) is 6.03. The van der Waals surface area contributed by atoms with Gasteiger partial charge in [0.2, 0.25) is 11.9 Å². The smallest absolute Gasteiger partial charge is 0.245 e. The van der Waals surface area contributed by atoms with E-state index in [0.29, 0.717) is 32.2 Å². The number of rotatable bonds is 4. The van der Waals surface area contributed by atoms with Gasteiger partial charge in [0.15, 0.2) is 0 Å². The summed E-state index contributed by atoms with van der Waals surface area (Å²) >= 11 is 0. The molecule has 0 aromatic rings. The van der Waals surface area contributed by atoms with E-state index in [1.165, 1.54) is 0 Å². The molecule has 0 radical (unpaired) electrons. The topological polar surface area (TPSA) is 92.0 Å². The van der Waals surface area contributed by atoms with E-state index < -0.39 is 5.54 Å². The van der Waals surface area contributed by atoms with Gasteiger partial charge in [-0.25, -0.2) is 5.84 Å². The van der Waals surface area contributed by atoms with Crippen LogP contribution in [0.2, 0.25) is 0 Å². The predicted molar refractivity (Wildman–Crippen MR) is 69.9 cm³/mol. The maximum Gasteiger partial charge on any atom is 0.245 e. The fourth-order valence-corrected chi connectivity index (χ4v) is 1.87. The molecule has 0 unspecified atom stereocenters. The van der Waals surface area contributed by atoms with E-state index in [1.54, 1.807) is 7.11 Å². The van der Waals surface area contributed by atoms with Crippen LogP contribution in [0.25, 0.3) is 0 Å². The van der Waals surface area contributed by atoms with Crippen LogP contribution in [0.5, 0.6) is 0 Å². The molecule has 0 aromatic heterocycles. The number of carbonyl (C=O) groups excluding carboxylic acids is 1. The Morgan fingerprint density at radius 2 is 2.39 bits per heavy atom. The summed E-state index contributed by atoms with van der Waals surface area (Å²) in [6.45, 7) is 6.26. The maximum absolute atomic E-state index is 11.8. The molecule has 7 nitrogen and oxygen atoms in total. The molecule has 4 N–H and O–H groups in total. The first kappa shape index (κ1) is 14.7. The van der Waals surface area contributed by atoms with Crippen LogP contribution in [0.3, 0.4) is 0 Å². The van der Waals surface area contributed by atoms with Gasteiger partial charge in [0, 0.05) is 33.4 Å². The number of nitrogens with one attached hydrogen (secondary N) is 2. The lowest BCUT2D eigenvalue weighted by Crippen LogP contribution is -2.66. The normalized spacial score (nSPS) is 19.7. The van der Waals surface area contributed by atoms with Gasteiger partial charge >= 0.3 is 0 Å². The first-order chi connectivity index (χ1) is 8.54. The molecule has 1 aliphatic heterocycles. The number of ether oxygens (including phenoxy) is 1. The Hall–Kier alpha value is -1.34. The molecule has 0 aromatic carbocycles. The number of hydrogen-bond acceptors (Lipinski definition) is 4. The van der Waals surface area contributed by atoms with E-state index >= 15 is 0 Å². The average molecular weight is 257 g/mol. The molecule has 1 fully saturated rings. The summed E-state index contributed by atoms with van der Waals surface area (Å²) in [5, 5.41) is 2.83. The minimum absolute atomic E-state index is 0.0198. The summed E-state index contributed by atoms with van der Waals surface area (Å²) < 4.78 is 4.96. The number of methoxy groups -OCH3 is 1. The van der Waals surface area contributed by atoms with E-state index in [0.717, 1.165) is 6.42 Å². The summed E-state index contributed by atoms with van der Waals surface area (Å²) in [6, 6.07) is 0. The SMILES string of the molecule is COCCCN=C(NN)N1CCNC(=O)C1(C)C. The van der Waals surface area contributed by atoms with Gasteiger partial charge in [-0.05, 0) is 20.3 Å². The van der Waals surface area contributed by atoms with Crippen molar-refractivity contribution in [2.45, 2.75) is 25.8 Å². The molecule has 1 aliphatic rings. The van der Waals surface area contributed by atoms with Crippen LogP contribution in [-0.2, 0) is 9.53 Å². The van der Waals surface area contributed by atoms with Crippen LogP contribution in [0.15, 0.2) is 4.99 Å². The molecule has 18 heavy (non-hydrogen) atoms. The van der Waals surface area contributed by atoms with Gasteiger partial charge in [-0.2, -0.15) is 0 Å². The molecular formula is C11H23N5O2. The van der Waals surface area contributed by atoms with Gasteiger partial charge in [-0.1, -0.05) is 0 Å². The fourth-order valence-electron chi connectivity index (χ4n) is 1.87. The number of aliphatic imine (C=N–C) groups is 1. The molecular weight excluding hydrogens is 234 g/mol. The van der Waals surface area contributed by atoms with Gasteiger partial charge in [0.05, 0.1) is 0 Å². The van der Waals surface area contributed by atoms with Crippen molar-refractivity contribution >= 4 is 11.9 Å². The summed E-state index contributed by atoms with van der Waals surface area (Å²) in [5.41, 5.74) is 1.93. The molecule has 0 aliphatic carbocycles. The second kappa shape index (κ2) is 6.55. The van der Waals surface area contributed by atoms with Crippen molar-refractivity contribution in [3.05, 3.63) is 0 Å². The molecule has 1 rings (SSSR count). The Balaban J connectivity index is 2.71. The minimum atomic E-state index is -0.648. The number of hydrogen-bond donors (Lipinski definition) is 3. The number of hydrazine groups is 1. The lowest BCUT2D eigenvalue weighted by atomic mass is 9.99. The Bertz CT molecular complexity index is 317. The summed E-state index contributed by atoms with van der Waals surface area (Å²) in [4.78, 5) is 18.1. The van der Waals surface area contributed by atoms with Gasteiger partial charge in [-0.3, -0.25) is 15.2 Å². The zero-order chi connectivity index (χ0) is 13.6. The van der Waals surface area contributed by atoms with Crippen molar-refractivity contribution in [3.8, 4) is 0 Å². The Morgan fingerprint density at radius 1 is 1.67 bits per heavy atom. The molecule has 0 atom stereocenters. The summed E-state index contributed by atoms with van der Waals surface area (Å²) in [7, 11) is 1.66. The van der Waals surface area contributed by atoms with Crippen molar-refractivity contribution in [3.63, 3.8) is 0 Å². The van der Waals surface area contributed by atoms with Gasteiger partial charge in [-0.15, -0.1) is 0 Å². The summed E-state index contributed by atoms with van der Waals surface area (Å²) in [6.07, 6.45) is 0.822. The first-order valence-electron chi connectivity index (χ1n) is 6.10. The third-order valence-electron chi connectivity index (χ3n) is 3.00. The first-order valence-corrected chi connectivity index (χ1v) is 6.10.